The van der Waals surface area contributed by atoms with Crippen LogP contribution >= 0.6 is 11.6 Å². The van der Waals surface area contributed by atoms with Crippen molar-refractivity contribution in [1.82, 2.24) is 14.5 Å². The summed E-state index contributed by atoms with van der Waals surface area (Å²) in [5.41, 5.74) is 8.89. The van der Waals surface area contributed by atoms with E-state index in [-0.39, 0.29) is 6.54 Å². The average molecular weight is 452 g/mol. The van der Waals surface area contributed by atoms with E-state index in [1.54, 1.807) is 16.7 Å². The van der Waals surface area contributed by atoms with Crippen molar-refractivity contribution in [2.24, 2.45) is 5.73 Å². The maximum atomic E-state index is 10.7. The third-order valence-corrected chi connectivity index (χ3v) is 5.90. The van der Waals surface area contributed by atoms with Gasteiger partial charge in [0.05, 0.1) is 5.39 Å². The maximum Gasteiger partial charge on any atom is 0.164 e. The number of ether oxygens (including phenoxy) is 1. The fourth-order valence-corrected chi connectivity index (χ4v) is 4.16. The van der Waals surface area contributed by atoms with Gasteiger partial charge in [0, 0.05) is 29.0 Å². The van der Waals surface area contributed by atoms with Gasteiger partial charge in [-0.1, -0.05) is 41.9 Å². The molecule has 2 aromatic heterocycles. The normalized spacial score (nSPS) is 23.0. The van der Waals surface area contributed by atoms with Crippen molar-refractivity contribution >= 4 is 34.1 Å². The Morgan fingerprint density at radius 2 is 1.78 bits per heavy atom. The topological polar surface area (TPSA) is 118 Å². The van der Waals surface area contributed by atoms with Gasteiger partial charge >= 0.3 is 0 Å². The van der Waals surface area contributed by atoms with E-state index in [1.807, 2.05) is 48.7 Å². The number of aromatic nitrogens is 3. The lowest BCUT2D eigenvalue weighted by atomic mass is 10.1. The molecule has 1 aliphatic heterocycles. The van der Waals surface area contributed by atoms with E-state index in [0.29, 0.717) is 16.5 Å². The number of anilines is 2. The van der Waals surface area contributed by atoms with Crippen LogP contribution in [0.2, 0.25) is 5.02 Å². The van der Waals surface area contributed by atoms with Crippen LogP contribution in [0.3, 0.4) is 0 Å². The maximum absolute atomic E-state index is 10.7. The van der Waals surface area contributed by atoms with Crippen molar-refractivity contribution in [2.45, 2.75) is 24.5 Å². The summed E-state index contributed by atoms with van der Waals surface area (Å²) in [5.74, 6) is 0.596. The van der Waals surface area contributed by atoms with Crippen molar-refractivity contribution in [2.75, 3.05) is 11.9 Å². The number of hydrogen-bond acceptors (Lipinski definition) is 7. The molecule has 0 bridgehead atoms. The summed E-state index contributed by atoms with van der Waals surface area (Å²) in [5, 5.41) is 25.7. The van der Waals surface area contributed by atoms with Crippen LogP contribution in [0.25, 0.3) is 22.2 Å². The second-order valence-corrected chi connectivity index (χ2v) is 8.09. The van der Waals surface area contributed by atoms with Gasteiger partial charge in [-0.05, 0) is 29.8 Å². The Kier molecular flexibility index (Phi) is 5.54. The Labute approximate surface area is 189 Å². The molecule has 0 spiro atoms. The number of nitrogens with two attached hydrogens (primary N) is 1. The van der Waals surface area contributed by atoms with E-state index in [9.17, 15) is 10.2 Å². The van der Waals surface area contributed by atoms with Gasteiger partial charge in [-0.15, -0.1) is 0 Å². The van der Waals surface area contributed by atoms with Crippen LogP contribution in [-0.4, -0.2) is 49.6 Å². The Hall–Kier alpha value is -3.01. The molecule has 5 N–H and O–H groups in total. The number of halogens is 1. The second-order valence-electron chi connectivity index (χ2n) is 7.65. The standard InChI is InChI=1S/C23H22ClN5O3/c24-14-6-8-15(9-7-14)28-21-18-16(13-4-2-1-3-5-13)11-29(22(18)27-12-26-21)23-20(31)19(30)17(10-25)32-23/h1-9,11-12,17,19-20,23,30-31H,10,25H2,(H,26,27,28)/t17-,19+,20+,23+/m0/s1. The number of nitrogens with one attached hydrogen (secondary N) is 1. The highest BCUT2D eigenvalue weighted by molar-refractivity contribution is 6.30. The molecule has 3 heterocycles. The lowest BCUT2D eigenvalue weighted by Crippen LogP contribution is -2.35. The number of benzene rings is 2. The van der Waals surface area contributed by atoms with E-state index >= 15 is 0 Å². The molecule has 1 saturated heterocycles. The molecule has 5 rings (SSSR count). The fraction of sp³-hybridized carbons (Fsp3) is 0.217. The third kappa shape index (κ3) is 3.62. The summed E-state index contributed by atoms with van der Waals surface area (Å²) in [6.45, 7) is 0.0951. The van der Waals surface area contributed by atoms with Gasteiger partial charge < -0.3 is 30.6 Å². The monoisotopic (exact) mass is 451 g/mol. The van der Waals surface area contributed by atoms with Gasteiger partial charge in [0.15, 0.2) is 6.23 Å². The molecule has 1 aliphatic rings. The van der Waals surface area contributed by atoms with E-state index in [2.05, 4.69) is 15.3 Å². The summed E-state index contributed by atoms with van der Waals surface area (Å²) in [7, 11) is 0. The minimum atomic E-state index is -1.15. The van der Waals surface area contributed by atoms with Crippen LogP contribution in [0.1, 0.15) is 6.23 Å². The Morgan fingerprint density at radius 1 is 1.03 bits per heavy atom. The SMILES string of the molecule is NC[C@@H]1O[C@@H](n2cc(-c3ccccc3)c3c(Nc4ccc(Cl)cc4)ncnc32)[C@H](O)[C@@H]1O. The zero-order valence-electron chi connectivity index (χ0n) is 17.0. The number of aliphatic hydroxyl groups excluding tert-OH is 2. The molecule has 0 aliphatic carbocycles. The van der Waals surface area contributed by atoms with Gasteiger partial charge in [0.2, 0.25) is 0 Å². The summed E-state index contributed by atoms with van der Waals surface area (Å²) in [4.78, 5) is 8.96. The highest BCUT2D eigenvalue weighted by atomic mass is 35.5. The van der Waals surface area contributed by atoms with E-state index in [1.165, 1.54) is 6.33 Å². The van der Waals surface area contributed by atoms with Gasteiger partial charge in [-0.25, -0.2) is 9.97 Å². The molecule has 0 saturated carbocycles. The van der Waals surface area contributed by atoms with Gasteiger partial charge in [-0.2, -0.15) is 0 Å². The molecule has 0 radical (unpaired) electrons. The molecule has 2 aromatic carbocycles. The molecule has 9 heteroatoms. The molecule has 0 amide bonds. The van der Waals surface area contributed by atoms with Crippen molar-refractivity contribution in [3.8, 4) is 11.1 Å². The molecule has 4 atom stereocenters. The number of rotatable bonds is 5. The first-order valence-electron chi connectivity index (χ1n) is 10.2. The van der Waals surface area contributed by atoms with E-state index in [4.69, 9.17) is 22.1 Å². The molecule has 8 nitrogen and oxygen atoms in total. The predicted octanol–water partition coefficient (Wildman–Crippen LogP) is 3.07. The predicted molar refractivity (Wildman–Crippen MR) is 123 cm³/mol. The van der Waals surface area contributed by atoms with E-state index in [0.717, 1.165) is 22.2 Å². The van der Waals surface area contributed by atoms with Crippen LogP contribution < -0.4 is 11.1 Å². The Bertz CT molecular complexity index is 1230. The molecule has 4 aromatic rings. The van der Waals surface area contributed by atoms with Crippen LogP contribution in [0.5, 0.6) is 0 Å². The number of nitrogens with zero attached hydrogens (tertiary/aromatic N) is 3. The average Bonchev–Trinajstić information content (AvgIpc) is 3.34. The summed E-state index contributed by atoms with van der Waals surface area (Å²) >= 11 is 6.02. The van der Waals surface area contributed by atoms with Crippen LogP contribution in [-0.2, 0) is 4.74 Å². The smallest absolute Gasteiger partial charge is 0.164 e. The Balaban J connectivity index is 1.67. The fourth-order valence-electron chi connectivity index (χ4n) is 4.03. The highest BCUT2D eigenvalue weighted by Crippen LogP contribution is 2.39. The van der Waals surface area contributed by atoms with Gasteiger partial charge in [0.25, 0.3) is 0 Å². The van der Waals surface area contributed by atoms with Crippen molar-refractivity contribution in [1.29, 1.82) is 0 Å². The van der Waals surface area contributed by atoms with Crippen LogP contribution in [0, 0.1) is 0 Å². The third-order valence-electron chi connectivity index (χ3n) is 5.64. The van der Waals surface area contributed by atoms with Crippen LogP contribution in [0.15, 0.2) is 67.1 Å². The summed E-state index contributed by atoms with van der Waals surface area (Å²) < 4.78 is 7.62. The number of hydrogen-bond donors (Lipinski definition) is 4. The number of fused-ring (bicyclic) bond motifs is 1. The lowest BCUT2D eigenvalue weighted by Gasteiger charge is -2.17. The lowest BCUT2D eigenvalue weighted by molar-refractivity contribution is -0.0318. The quantitative estimate of drug-likeness (QED) is 0.368. The first kappa shape index (κ1) is 20.9. The molecule has 32 heavy (non-hydrogen) atoms. The Morgan fingerprint density at radius 3 is 2.47 bits per heavy atom. The van der Waals surface area contributed by atoms with Gasteiger partial charge in [-0.3, -0.25) is 0 Å². The zero-order valence-corrected chi connectivity index (χ0v) is 17.7. The van der Waals surface area contributed by atoms with Crippen LogP contribution in [0.4, 0.5) is 11.5 Å². The minimum Gasteiger partial charge on any atom is -0.387 e. The van der Waals surface area contributed by atoms with Crippen molar-refractivity contribution in [3.05, 3.63) is 72.1 Å². The van der Waals surface area contributed by atoms with Crippen molar-refractivity contribution in [3.63, 3.8) is 0 Å². The second kappa shape index (κ2) is 8.50. The molecule has 0 unspecified atom stereocenters. The molecule has 1 fully saturated rings. The summed E-state index contributed by atoms with van der Waals surface area (Å²) in [6, 6.07) is 17.1. The van der Waals surface area contributed by atoms with Crippen molar-refractivity contribution < 1.29 is 14.9 Å². The zero-order chi connectivity index (χ0) is 22.2. The molecular formula is C23H22ClN5O3. The van der Waals surface area contributed by atoms with E-state index < -0.39 is 24.5 Å². The molecule has 164 valence electrons. The summed E-state index contributed by atoms with van der Waals surface area (Å²) in [6.07, 6.45) is -0.426. The highest BCUT2D eigenvalue weighted by Gasteiger charge is 2.43. The minimum absolute atomic E-state index is 0.0951. The molecular weight excluding hydrogens is 430 g/mol. The van der Waals surface area contributed by atoms with Gasteiger partial charge in [0.1, 0.15) is 36.1 Å². The first-order chi connectivity index (χ1) is 15.6. The largest absolute Gasteiger partial charge is 0.387 e. The first-order valence-corrected chi connectivity index (χ1v) is 10.6. The number of aliphatic hydroxyl groups is 2.